The largest absolute Gasteiger partial charge is 0.483 e. The maximum atomic E-state index is 13.6. The summed E-state index contributed by atoms with van der Waals surface area (Å²) in [4.78, 5) is 86.9. The van der Waals surface area contributed by atoms with Crippen LogP contribution in [0.2, 0.25) is 10.0 Å². The number of fused-ring (bicyclic) bond motifs is 2. The van der Waals surface area contributed by atoms with Gasteiger partial charge in [-0.05, 0) is 72.5 Å². The fourth-order valence-electron chi connectivity index (χ4n) is 7.72. The van der Waals surface area contributed by atoms with Crippen LogP contribution in [0.5, 0.6) is 23.0 Å². The number of carbonyl (C=O) groups is 2. The molecule has 1 atom stereocenters. The molecule has 0 fully saturated rings. The number of halogens is 8. The van der Waals surface area contributed by atoms with Crippen LogP contribution in [0.15, 0.2) is 117 Å². The molecule has 0 saturated heterocycles. The second-order valence-corrected chi connectivity index (χ2v) is 17.5. The van der Waals surface area contributed by atoms with Crippen LogP contribution in [0.4, 0.5) is 26.3 Å². The molecule has 2 aromatic carbocycles. The van der Waals surface area contributed by atoms with Gasteiger partial charge >= 0.3 is 23.7 Å². The van der Waals surface area contributed by atoms with Crippen LogP contribution >= 0.6 is 23.2 Å². The first-order valence-electron chi connectivity index (χ1n) is 23.0. The second kappa shape index (κ2) is 27.2. The van der Waals surface area contributed by atoms with Gasteiger partial charge in [0.15, 0.2) is 5.75 Å². The summed E-state index contributed by atoms with van der Waals surface area (Å²) in [5.41, 5.74) is -3.09. The van der Waals surface area contributed by atoms with Gasteiger partial charge in [-0.25, -0.2) is 29.5 Å². The first-order valence-corrected chi connectivity index (χ1v) is 23.8. The number of nitrogens with zero attached hydrogens (tertiary/aromatic N) is 8. The van der Waals surface area contributed by atoms with Gasteiger partial charge in [0.05, 0.1) is 42.2 Å². The number of aromatic nitrogens is 8. The Morgan fingerprint density at radius 1 is 0.646 bits per heavy atom. The first-order chi connectivity index (χ1) is 37.0. The molecule has 6 heterocycles. The molecule has 0 aliphatic carbocycles. The maximum absolute atomic E-state index is 13.6. The minimum absolute atomic E-state index is 0. The molecule has 8 aromatic rings. The normalized spacial score (nSPS) is 11.6. The van der Waals surface area contributed by atoms with Crippen molar-refractivity contribution in [1.29, 1.82) is 0 Å². The molecular weight excluding hydrogens is 1150 g/mol. The molecule has 0 saturated carbocycles. The second-order valence-electron chi connectivity index (χ2n) is 16.6. The van der Waals surface area contributed by atoms with E-state index in [-0.39, 0.29) is 116 Å². The number of hydrogen-bond donors (Lipinski definition) is 2. The summed E-state index contributed by atoms with van der Waals surface area (Å²) in [6.45, 7) is 2.08. The summed E-state index contributed by atoms with van der Waals surface area (Å²) < 4.78 is 98.3. The topological polar surface area (TPSA) is 242 Å². The van der Waals surface area contributed by atoms with E-state index < -0.39 is 52.3 Å². The molecular formula is C51H44Cl2F6N8O11Zn. The van der Waals surface area contributed by atoms with E-state index in [1.807, 2.05) is 6.92 Å². The van der Waals surface area contributed by atoms with E-state index in [1.54, 1.807) is 48.5 Å². The van der Waals surface area contributed by atoms with Gasteiger partial charge in [0.1, 0.15) is 46.0 Å². The van der Waals surface area contributed by atoms with Gasteiger partial charge in [0.2, 0.25) is 0 Å². The van der Waals surface area contributed by atoms with Crippen molar-refractivity contribution >= 4 is 58.2 Å². The van der Waals surface area contributed by atoms with E-state index in [2.05, 4.69) is 24.7 Å². The Kier molecular flexibility index (Phi) is 21.4. The van der Waals surface area contributed by atoms with E-state index in [0.29, 0.717) is 27.6 Å². The number of hydrogen-bond acceptors (Lipinski definition) is 14. The minimum atomic E-state index is -4.63. The molecule has 0 aliphatic rings. The molecule has 79 heavy (non-hydrogen) atoms. The molecule has 2 N–H and O–H groups in total. The Bertz CT molecular complexity index is 3680. The van der Waals surface area contributed by atoms with Crippen LogP contribution in [-0.2, 0) is 79.8 Å². The van der Waals surface area contributed by atoms with E-state index in [9.17, 15) is 55.4 Å². The van der Waals surface area contributed by atoms with Gasteiger partial charge in [0, 0.05) is 74.3 Å². The number of aliphatic hydroxyl groups excluding tert-OH is 1. The van der Waals surface area contributed by atoms with Crippen LogP contribution < -0.4 is 32.0 Å². The van der Waals surface area contributed by atoms with Gasteiger partial charge in [-0.1, -0.05) is 60.8 Å². The van der Waals surface area contributed by atoms with Crippen LogP contribution in [0.25, 0.3) is 22.1 Å². The molecule has 412 valence electrons. The predicted octanol–water partition coefficient (Wildman–Crippen LogP) is 8.64. The zero-order valence-electron chi connectivity index (χ0n) is 41.8. The molecule has 28 heteroatoms. The number of carboxylic acid groups (broad SMARTS) is 1. The van der Waals surface area contributed by atoms with Crippen LogP contribution in [0.3, 0.4) is 0 Å². The fourth-order valence-corrected chi connectivity index (χ4v) is 7.97. The summed E-state index contributed by atoms with van der Waals surface area (Å²) in [5.74, 6) is -0.0719. The predicted molar refractivity (Wildman–Crippen MR) is 271 cm³/mol. The Labute approximate surface area is 465 Å². The molecule has 1 unspecified atom stereocenters. The average Bonchev–Trinajstić information content (AvgIpc) is 3.52. The zero-order chi connectivity index (χ0) is 57.1. The van der Waals surface area contributed by atoms with E-state index in [0.717, 1.165) is 57.8 Å². The van der Waals surface area contributed by atoms with Crippen LogP contribution in [-0.4, -0.2) is 68.0 Å². The molecule has 8 rings (SSSR count). The number of ether oxygens (including phenoxy) is 3. The van der Waals surface area contributed by atoms with Crippen molar-refractivity contribution < 1.29 is 79.8 Å². The summed E-state index contributed by atoms with van der Waals surface area (Å²) in [6.07, 6.45) is -4.71. The standard InChI is InChI=1S/C25H20ClF3N4O5.C25H22ClF3N4O4.CH2O2.Zn/c1-32-22-21(23(35)33(24(32)36)9-2-10-37-14-34)18(11-15-3-5-16(26)6-4-15)19(13-31-22)38-17-7-8-20(30-12-17)25(27,28)29;1-3-4-11-33-23(35)20-19(21(34)14-5-7-15(26)8-6-14)17(13-31-22(20)32(2)24(33)36)37-16-9-10-18(30-12-16)25(27,28)29;2-1-3;/h3-8,12-14H,2,9-11H2,1H3;5-10,12-13,21,34H,3-4,11H2,1-2H3;1H,(H,2,3);. The van der Waals surface area contributed by atoms with Crippen molar-refractivity contribution in [1.82, 2.24) is 38.2 Å². The Morgan fingerprint density at radius 3 is 1.57 bits per heavy atom. The van der Waals surface area contributed by atoms with E-state index in [1.165, 1.54) is 35.6 Å². The summed E-state index contributed by atoms with van der Waals surface area (Å²) >= 11 is 12.0. The summed E-state index contributed by atoms with van der Waals surface area (Å²) in [7, 11) is 2.92. The summed E-state index contributed by atoms with van der Waals surface area (Å²) in [6, 6.07) is 16.8. The number of alkyl halides is 6. The van der Waals surface area contributed by atoms with Gasteiger partial charge < -0.3 is 24.4 Å². The Balaban J connectivity index is 0.000000274. The maximum Gasteiger partial charge on any atom is 0.433 e. The third-order valence-electron chi connectivity index (χ3n) is 11.5. The quantitative estimate of drug-likeness (QED) is 0.0398. The van der Waals surface area contributed by atoms with Gasteiger partial charge in [-0.15, -0.1) is 0 Å². The van der Waals surface area contributed by atoms with Crippen molar-refractivity contribution in [3.05, 3.63) is 183 Å². The molecule has 0 bridgehead atoms. The van der Waals surface area contributed by atoms with Crippen molar-refractivity contribution in [3.8, 4) is 23.0 Å². The third-order valence-corrected chi connectivity index (χ3v) is 12.0. The molecule has 0 spiro atoms. The van der Waals surface area contributed by atoms with Crippen molar-refractivity contribution in [2.24, 2.45) is 14.1 Å². The van der Waals surface area contributed by atoms with Crippen LogP contribution in [0.1, 0.15) is 65.9 Å². The van der Waals surface area contributed by atoms with Gasteiger partial charge in [-0.3, -0.25) is 37.4 Å². The third kappa shape index (κ3) is 14.9. The number of aliphatic hydroxyl groups is 1. The molecule has 0 aliphatic heterocycles. The van der Waals surface area contributed by atoms with Crippen molar-refractivity contribution in [3.63, 3.8) is 0 Å². The Hall–Kier alpha value is -7.80. The first kappa shape index (κ1) is 62.1. The smallest absolute Gasteiger partial charge is 0.433 e. The van der Waals surface area contributed by atoms with Crippen LogP contribution in [0, 0.1) is 0 Å². The SMILES string of the molecule is CCCCn1c(=O)c2c(C(O)c3ccc(Cl)cc3)c(Oc3ccc(C(F)(F)F)nc3)cnc2n(C)c1=O.Cn1c(=O)n(CCCOC=O)c(=O)c2c(Cc3ccc(Cl)cc3)c(Oc3ccc(C(F)(F)F)nc3)cnc21.O=CO.[Zn]. The number of pyridine rings is 4. The molecule has 0 radical (unpaired) electrons. The summed E-state index contributed by atoms with van der Waals surface area (Å²) in [5, 5.41) is 19.2. The van der Waals surface area contributed by atoms with Crippen molar-refractivity contribution in [2.75, 3.05) is 6.61 Å². The van der Waals surface area contributed by atoms with Gasteiger partial charge in [-0.2, -0.15) is 26.3 Å². The zero-order valence-corrected chi connectivity index (χ0v) is 46.3. The molecule has 6 aromatic heterocycles. The number of benzene rings is 2. The minimum Gasteiger partial charge on any atom is -0.483 e. The van der Waals surface area contributed by atoms with Gasteiger partial charge in [0.25, 0.3) is 24.1 Å². The van der Waals surface area contributed by atoms with E-state index >= 15 is 0 Å². The fraction of sp³-hybridized carbons (Fsp3) is 0.255. The number of rotatable bonds is 16. The molecule has 0 amide bonds. The number of aryl methyl sites for hydroxylation is 2. The average molecular weight is 1200 g/mol. The number of unbranched alkanes of at least 4 members (excludes halogenated alkanes) is 1. The monoisotopic (exact) mass is 1190 g/mol. The number of carbonyl (C=O) groups excluding carboxylic acids is 1. The Morgan fingerprint density at radius 2 is 1.10 bits per heavy atom. The molecule has 19 nitrogen and oxygen atoms in total. The van der Waals surface area contributed by atoms with Crippen molar-refractivity contribution in [2.45, 2.75) is 64.2 Å². The van der Waals surface area contributed by atoms with E-state index in [4.69, 9.17) is 42.6 Å².